The van der Waals surface area contributed by atoms with Crippen LogP contribution in [0.1, 0.15) is 30.9 Å². The molecule has 0 aromatic heterocycles. The van der Waals surface area contributed by atoms with E-state index >= 15 is 0 Å². The third-order valence-corrected chi connectivity index (χ3v) is 4.70. The van der Waals surface area contributed by atoms with Gasteiger partial charge in [-0.15, -0.1) is 0 Å². The summed E-state index contributed by atoms with van der Waals surface area (Å²) in [6, 6.07) is 20.7. The van der Waals surface area contributed by atoms with Crippen molar-refractivity contribution in [1.82, 2.24) is 10.6 Å². The van der Waals surface area contributed by atoms with Gasteiger partial charge in [0.15, 0.2) is 5.96 Å². The largest absolute Gasteiger partial charge is 0.369 e. The third kappa shape index (κ3) is 5.49. The van der Waals surface area contributed by atoms with Crippen molar-refractivity contribution in [3.8, 4) is 6.07 Å². The molecule has 1 saturated heterocycles. The van der Waals surface area contributed by atoms with Gasteiger partial charge in [-0.1, -0.05) is 30.3 Å². The molecule has 1 unspecified atom stereocenters. The molecular formula is C22H27N5. The lowest BCUT2D eigenvalue weighted by atomic mass is 10.1. The zero-order valence-corrected chi connectivity index (χ0v) is 15.9. The number of anilines is 1. The number of para-hydroxylation sites is 1. The van der Waals surface area contributed by atoms with E-state index in [-0.39, 0.29) is 0 Å². The van der Waals surface area contributed by atoms with E-state index in [0.29, 0.717) is 18.2 Å². The molecule has 0 spiro atoms. The standard InChI is InChI=1S/C22H27N5/c1-2-24-22(25-16-19-9-6-8-18(14-19)15-23)26-20-10-7-13-27(17-20)21-11-4-3-5-12-21/h3-6,8-9,11-12,14,20H,2,7,10,13,16-17H2,1H3,(H2,24,25,26). The molecule has 1 atom stereocenters. The predicted octanol–water partition coefficient (Wildman–Crippen LogP) is 3.28. The van der Waals surface area contributed by atoms with Crippen LogP contribution in [0.25, 0.3) is 0 Å². The molecule has 1 aliphatic heterocycles. The van der Waals surface area contributed by atoms with Gasteiger partial charge in [-0.25, -0.2) is 4.99 Å². The number of rotatable bonds is 5. The number of nitrogens with zero attached hydrogens (tertiary/aromatic N) is 3. The SMILES string of the molecule is CCNC(=NCc1cccc(C#N)c1)NC1CCCN(c2ccccc2)C1. The number of hydrogen-bond donors (Lipinski definition) is 2. The second kappa shape index (κ2) is 9.63. The van der Waals surface area contributed by atoms with Crippen LogP contribution in [0.15, 0.2) is 59.6 Å². The molecular weight excluding hydrogens is 334 g/mol. The third-order valence-electron chi connectivity index (χ3n) is 4.70. The minimum absolute atomic E-state index is 0.363. The number of nitrogens with one attached hydrogen (secondary N) is 2. The Kier molecular flexibility index (Phi) is 6.70. The van der Waals surface area contributed by atoms with Crippen LogP contribution in [0.5, 0.6) is 0 Å². The van der Waals surface area contributed by atoms with Gasteiger partial charge in [0.2, 0.25) is 0 Å². The van der Waals surface area contributed by atoms with Crippen molar-refractivity contribution in [3.05, 3.63) is 65.7 Å². The summed E-state index contributed by atoms with van der Waals surface area (Å²) in [5.74, 6) is 0.833. The smallest absolute Gasteiger partial charge is 0.191 e. The molecule has 2 aromatic rings. The first-order valence-corrected chi connectivity index (χ1v) is 9.62. The molecule has 0 amide bonds. The first-order chi connectivity index (χ1) is 13.3. The lowest BCUT2D eigenvalue weighted by molar-refractivity contribution is 0.468. The van der Waals surface area contributed by atoms with Crippen molar-refractivity contribution in [2.45, 2.75) is 32.4 Å². The van der Waals surface area contributed by atoms with Crippen LogP contribution >= 0.6 is 0 Å². The van der Waals surface area contributed by atoms with Crippen molar-refractivity contribution in [2.24, 2.45) is 4.99 Å². The summed E-state index contributed by atoms with van der Waals surface area (Å²) in [6.07, 6.45) is 2.30. The summed E-state index contributed by atoms with van der Waals surface area (Å²) in [6.45, 7) is 5.51. The molecule has 27 heavy (non-hydrogen) atoms. The fourth-order valence-electron chi connectivity index (χ4n) is 3.39. The second-order valence-corrected chi connectivity index (χ2v) is 6.77. The van der Waals surface area contributed by atoms with E-state index < -0.39 is 0 Å². The van der Waals surface area contributed by atoms with E-state index in [1.54, 1.807) is 0 Å². The summed E-state index contributed by atoms with van der Waals surface area (Å²) < 4.78 is 0. The van der Waals surface area contributed by atoms with E-state index in [4.69, 9.17) is 10.3 Å². The fourth-order valence-corrected chi connectivity index (χ4v) is 3.39. The lowest BCUT2D eigenvalue weighted by Gasteiger charge is -2.35. The van der Waals surface area contributed by atoms with Gasteiger partial charge < -0.3 is 15.5 Å². The van der Waals surface area contributed by atoms with Crippen LogP contribution < -0.4 is 15.5 Å². The lowest BCUT2D eigenvalue weighted by Crippen LogP contribution is -2.51. The maximum absolute atomic E-state index is 9.04. The molecule has 1 aliphatic rings. The summed E-state index contributed by atoms with van der Waals surface area (Å²) in [5, 5.41) is 16.0. The monoisotopic (exact) mass is 361 g/mol. The molecule has 5 nitrogen and oxygen atoms in total. The van der Waals surface area contributed by atoms with Gasteiger partial charge in [-0.05, 0) is 49.6 Å². The number of aliphatic imine (C=N–C) groups is 1. The van der Waals surface area contributed by atoms with Crippen LogP contribution in [0.3, 0.4) is 0 Å². The van der Waals surface area contributed by atoms with Crippen LogP contribution in [0.4, 0.5) is 5.69 Å². The van der Waals surface area contributed by atoms with Crippen LogP contribution in [-0.4, -0.2) is 31.6 Å². The minimum atomic E-state index is 0.363. The van der Waals surface area contributed by atoms with Crippen LogP contribution in [0, 0.1) is 11.3 Å². The molecule has 1 heterocycles. The van der Waals surface area contributed by atoms with Gasteiger partial charge in [0.25, 0.3) is 0 Å². The molecule has 2 aromatic carbocycles. The molecule has 0 saturated carbocycles. The summed E-state index contributed by atoms with van der Waals surface area (Å²) in [5.41, 5.74) is 2.99. The van der Waals surface area contributed by atoms with Crippen molar-refractivity contribution < 1.29 is 0 Å². The summed E-state index contributed by atoms with van der Waals surface area (Å²) in [4.78, 5) is 7.15. The number of nitriles is 1. The van der Waals surface area contributed by atoms with Crippen LogP contribution in [0.2, 0.25) is 0 Å². The molecule has 5 heteroatoms. The summed E-state index contributed by atoms with van der Waals surface area (Å²) in [7, 11) is 0. The summed E-state index contributed by atoms with van der Waals surface area (Å²) >= 11 is 0. The predicted molar refractivity (Wildman–Crippen MR) is 111 cm³/mol. The van der Waals surface area contributed by atoms with E-state index in [1.165, 1.54) is 5.69 Å². The first-order valence-electron chi connectivity index (χ1n) is 9.62. The molecule has 0 aliphatic carbocycles. The number of hydrogen-bond acceptors (Lipinski definition) is 3. The Balaban J connectivity index is 1.63. The van der Waals surface area contributed by atoms with E-state index in [9.17, 15) is 0 Å². The van der Waals surface area contributed by atoms with Gasteiger partial charge in [0.1, 0.15) is 0 Å². The van der Waals surface area contributed by atoms with Gasteiger partial charge in [-0.2, -0.15) is 5.26 Å². The van der Waals surface area contributed by atoms with Gasteiger partial charge in [0.05, 0.1) is 18.2 Å². The molecule has 0 bridgehead atoms. The minimum Gasteiger partial charge on any atom is -0.369 e. The Morgan fingerprint density at radius 3 is 2.85 bits per heavy atom. The van der Waals surface area contributed by atoms with Gasteiger partial charge >= 0.3 is 0 Å². The zero-order chi connectivity index (χ0) is 18.9. The van der Waals surface area contributed by atoms with Gasteiger partial charge in [-0.3, -0.25) is 0 Å². The topological polar surface area (TPSA) is 63.5 Å². The number of benzene rings is 2. The number of guanidine groups is 1. The van der Waals surface area contributed by atoms with E-state index in [0.717, 1.165) is 44.0 Å². The van der Waals surface area contributed by atoms with E-state index in [1.807, 2.05) is 24.3 Å². The molecule has 0 radical (unpaired) electrons. The maximum Gasteiger partial charge on any atom is 0.191 e. The fraction of sp³-hybridized carbons (Fsp3) is 0.364. The van der Waals surface area contributed by atoms with Crippen molar-refractivity contribution in [2.75, 3.05) is 24.5 Å². The average molecular weight is 361 g/mol. The Morgan fingerprint density at radius 2 is 2.07 bits per heavy atom. The van der Waals surface area contributed by atoms with Gasteiger partial charge in [0, 0.05) is 31.4 Å². The Bertz CT molecular complexity index is 794. The molecule has 1 fully saturated rings. The normalized spacial score (nSPS) is 17.3. The molecule has 3 rings (SSSR count). The second-order valence-electron chi connectivity index (χ2n) is 6.77. The Hall–Kier alpha value is -3.00. The van der Waals surface area contributed by atoms with Crippen molar-refractivity contribution in [3.63, 3.8) is 0 Å². The maximum atomic E-state index is 9.04. The highest BCUT2D eigenvalue weighted by Gasteiger charge is 2.20. The zero-order valence-electron chi connectivity index (χ0n) is 15.9. The Labute approximate surface area is 161 Å². The highest BCUT2D eigenvalue weighted by molar-refractivity contribution is 5.80. The highest BCUT2D eigenvalue weighted by Crippen LogP contribution is 2.19. The van der Waals surface area contributed by atoms with Crippen molar-refractivity contribution in [1.29, 1.82) is 5.26 Å². The number of piperidine rings is 1. The quantitative estimate of drug-likeness (QED) is 0.634. The van der Waals surface area contributed by atoms with Crippen LogP contribution in [-0.2, 0) is 6.54 Å². The highest BCUT2D eigenvalue weighted by atomic mass is 15.2. The molecule has 2 N–H and O–H groups in total. The van der Waals surface area contributed by atoms with Crippen molar-refractivity contribution >= 4 is 11.6 Å². The molecule has 140 valence electrons. The van der Waals surface area contributed by atoms with E-state index in [2.05, 4.69) is 58.9 Å². The first kappa shape index (κ1) is 18.8. The Morgan fingerprint density at radius 1 is 1.22 bits per heavy atom. The average Bonchev–Trinajstić information content (AvgIpc) is 2.73.